The highest BCUT2D eigenvalue weighted by atomic mass is 16.5. The van der Waals surface area contributed by atoms with Gasteiger partial charge in [0.1, 0.15) is 18.5 Å². The lowest BCUT2D eigenvalue weighted by Crippen LogP contribution is -2.35. The van der Waals surface area contributed by atoms with E-state index in [4.69, 9.17) is 9.47 Å². The van der Waals surface area contributed by atoms with Crippen molar-refractivity contribution < 1.29 is 19.4 Å². The first-order valence-electron chi connectivity index (χ1n) is 11.9. The van der Waals surface area contributed by atoms with Gasteiger partial charge in [-0.1, -0.05) is 48.5 Å². The maximum Gasteiger partial charge on any atom is 0.407 e. The summed E-state index contributed by atoms with van der Waals surface area (Å²) in [6, 6.07) is 22.6. The minimum atomic E-state index is -0.429. The number of anilines is 1. The molecule has 0 saturated carbocycles. The van der Waals surface area contributed by atoms with E-state index in [0.29, 0.717) is 26.1 Å². The van der Waals surface area contributed by atoms with Crippen molar-refractivity contribution in [3.63, 3.8) is 0 Å². The number of ether oxygens (including phenoxy) is 2. The number of hydrogen-bond donors (Lipinski definition) is 3. The van der Waals surface area contributed by atoms with Gasteiger partial charge in [0.2, 0.25) is 0 Å². The van der Waals surface area contributed by atoms with Crippen LogP contribution in [0.15, 0.2) is 66.7 Å². The van der Waals surface area contributed by atoms with Crippen molar-refractivity contribution in [1.29, 1.82) is 0 Å². The zero-order valence-electron chi connectivity index (χ0n) is 19.3. The van der Waals surface area contributed by atoms with Gasteiger partial charge in [-0.05, 0) is 59.4 Å². The van der Waals surface area contributed by atoms with Crippen molar-refractivity contribution in [3.05, 3.63) is 83.4 Å². The average Bonchev–Trinajstić information content (AvgIpc) is 3.39. The van der Waals surface area contributed by atoms with E-state index in [2.05, 4.69) is 41.0 Å². The SMILES string of the molecule is CC(O)CCNc1ccc2c(c1)CC(CNC(=O)OCC1c3ccccc3-c3ccccc31)O2. The highest BCUT2D eigenvalue weighted by Crippen LogP contribution is 2.44. The smallest absolute Gasteiger partial charge is 0.407 e. The molecule has 6 heteroatoms. The first kappa shape index (κ1) is 22.3. The predicted octanol–water partition coefficient (Wildman–Crippen LogP) is 4.71. The Labute approximate surface area is 199 Å². The van der Waals surface area contributed by atoms with Crippen molar-refractivity contribution in [2.75, 3.05) is 25.0 Å². The second-order valence-electron chi connectivity index (χ2n) is 9.04. The van der Waals surface area contributed by atoms with Crippen molar-refractivity contribution in [2.45, 2.75) is 37.9 Å². The number of carbonyl (C=O) groups is 1. The van der Waals surface area contributed by atoms with Gasteiger partial charge >= 0.3 is 6.09 Å². The Bertz CT molecular complexity index is 1130. The van der Waals surface area contributed by atoms with Gasteiger partial charge in [-0.15, -0.1) is 0 Å². The molecule has 34 heavy (non-hydrogen) atoms. The van der Waals surface area contributed by atoms with Crippen molar-refractivity contribution in [3.8, 4) is 16.9 Å². The molecule has 3 aromatic rings. The highest BCUT2D eigenvalue weighted by molar-refractivity contribution is 5.79. The minimum Gasteiger partial charge on any atom is -0.488 e. The van der Waals surface area contributed by atoms with E-state index in [0.717, 1.165) is 23.4 Å². The van der Waals surface area contributed by atoms with Gasteiger partial charge < -0.3 is 25.2 Å². The number of aliphatic hydroxyl groups is 1. The Morgan fingerprint density at radius 1 is 1.09 bits per heavy atom. The van der Waals surface area contributed by atoms with Gasteiger partial charge in [0.25, 0.3) is 0 Å². The van der Waals surface area contributed by atoms with Crippen LogP contribution in [0.1, 0.15) is 36.0 Å². The number of alkyl carbamates (subject to hydrolysis) is 1. The number of nitrogens with one attached hydrogen (secondary N) is 2. The van der Waals surface area contributed by atoms with Crippen LogP contribution in [0.25, 0.3) is 11.1 Å². The molecule has 1 aliphatic carbocycles. The number of benzene rings is 3. The lowest BCUT2D eigenvalue weighted by molar-refractivity contribution is 0.136. The fraction of sp³-hybridized carbons (Fsp3) is 0.321. The summed E-state index contributed by atoms with van der Waals surface area (Å²) in [5.74, 6) is 0.894. The lowest BCUT2D eigenvalue weighted by Gasteiger charge is -2.16. The summed E-state index contributed by atoms with van der Waals surface area (Å²) in [5, 5.41) is 15.6. The van der Waals surface area contributed by atoms with E-state index < -0.39 is 6.09 Å². The second kappa shape index (κ2) is 9.77. The van der Waals surface area contributed by atoms with Crippen LogP contribution in [0.4, 0.5) is 10.5 Å². The third-order valence-corrected chi connectivity index (χ3v) is 6.51. The van der Waals surface area contributed by atoms with Gasteiger partial charge in [0.05, 0.1) is 12.6 Å². The molecule has 0 aromatic heterocycles. The predicted molar refractivity (Wildman–Crippen MR) is 132 cm³/mol. The van der Waals surface area contributed by atoms with Gasteiger partial charge in [-0.2, -0.15) is 0 Å². The molecule has 6 nitrogen and oxygen atoms in total. The number of hydrogen-bond acceptors (Lipinski definition) is 5. The number of amides is 1. The summed E-state index contributed by atoms with van der Waals surface area (Å²) in [6.45, 7) is 3.18. The van der Waals surface area contributed by atoms with E-state index in [1.807, 2.05) is 36.4 Å². The molecule has 2 aliphatic rings. The number of carbonyl (C=O) groups excluding carboxylic acids is 1. The molecule has 0 saturated heterocycles. The van der Waals surface area contributed by atoms with Crippen molar-refractivity contribution >= 4 is 11.8 Å². The normalized spacial score (nSPS) is 16.7. The zero-order valence-corrected chi connectivity index (χ0v) is 19.3. The quantitative estimate of drug-likeness (QED) is 0.456. The molecular weight excluding hydrogens is 428 g/mol. The topological polar surface area (TPSA) is 79.8 Å². The fourth-order valence-electron chi connectivity index (χ4n) is 4.82. The van der Waals surface area contributed by atoms with Gasteiger partial charge in [-0.3, -0.25) is 0 Å². The summed E-state index contributed by atoms with van der Waals surface area (Å²) in [4.78, 5) is 12.5. The zero-order chi connectivity index (χ0) is 23.5. The number of rotatable bonds is 8. The third kappa shape index (κ3) is 4.73. The second-order valence-corrected chi connectivity index (χ2v) is 9.04. The highest BCUT2D eigenvalue weighted by Gasteiger charge is 2.29. The Morgan fingerprint density at radius 2 is 1.79 bits per heavy atom. The van der Waals surface area contributed by atoms with Gasteiger partial charge in [-0.25, -0.2) is 4.79 Å². The van der Waals surface area contributed by atoms with Crippen molar-refractivity contribution in [1.82, 2.24) is 5.32 Å². The van der Waals surface area contributed by atoms with Crippen LogP contribution in [0.2, 0.25) is 0 Å². The summed E-state index contributed by atoms with van der Waals surface area (Å²) in [6.07, 6.45) is 0.550. The van der Waals surface area contributed by atoms with Crippen LogP contribution >= 0.6 is 0 Å². The third-order valence-electron chi connectivity index (χ3n) is 6.51. The molecule has 1 amide bonds. The number of aliphatic hydroxyl groups excluding tert-OH is 1. The molecule has 0 bridgehead atoms. The van der Waals surface area contributed by atoms with E-state index in [1.165, 1.54) is 22.3 Å². The number of fused-ring (bicyclic) bond motifs is 4. The molecule has 2 atom stereocenters. The monoisotopic (exact) mass is 458 g/mol. The van der Waals surface area contributed by atoms with Crippen LogP contribution in [0.3, 0.4) is 0 Å². The first-order chi connectivity index (χ1) is 16.6. The molecule has 0 spiro atoms. The Kier molecular flexibility index (Phi) is 6.41. The molecular formula is C28H30N2O4. The van der Waals surface area contributed by atoms with E-state index in [1.54, 1.807) is 6.92 Å². The van der Waals surface area contributed by atoms with Crippen LogP contribution in [0.5, 0.6) is 5.75 Å². The van der Waals surface area contributed by atoms with Gasteiger partial charge in [0, 0.05) is 24.6 Å². The maximum absolute atomic E-state index is 12.5. The van der Waals surface area contributed by atoms with Crippen LogP contribution < -0.4 is 15.4 Å². The standard InChI is InChI=1S/C28H30N2O4/c1-18(31)12-13-29-20-10-11-27-19(14-20)15-21(34-27)16-30-28(32)33-17-26-24-8-4-2-6-22(24)23-7-3-5-9-25(23)26/h2-11,14,18,21,26,29,31H,12-13,15-17H2,1H3,(H,30,32). The summed E-state index contributed by atoms with van der Waals surface area (Å²) in [7, 11) is 0. The van der Waals surface area contributed by atoms with Crippen molar-refractivity contribution in [2.24, 2.45) is 0 Å². The summed E-state index contributed by atoms with van der Waals surface area (Å²) >= 11 is 0. The summed E-state index contributed by atoms with van der Waals surface area (Å²) < 4.78 is 11.6. The first-order valence-corrected chi connectivity index (χ1v) is 11.9. The molecule has 0 fully saturated rings. The Balaban J connectivity index is 1.12. The maximum atomic E-state index is 12.5. The molecule has 1 aliphatic heterocycles. The molecule has 0 radical (unpaired) electrons. The lowest BCUT2D eigenvalue weighted by atomic mass is 9.98. The molecule has 5 rings (SSSR count). The molecule has 2 unspecified atom stereocenters. The summed E-state index contributed by atoms with van der Waals surface area (Å²) in [5.41, 5.74) is 6.94. The van der Waals surface area contributed by atoms with Crippen LogP contribution in [-0.2, 0) is 11.2 Å². The average molecular weight is 459 g/mol. The molecule has 176 valence electrons. The van der Waals surface area contributed by atoms with Gasteiger partial charge in [0.15, 0.2) is 0 Å². The minimum absolute atomic E-state index is 0.0462. The molecule has 1 heterocycles. The Morgan fingerprint density at radius 3 is 2.50 bits per heavy atom. The molecule has 3 aromatic carbocycles. The Hall–Kier alpha value is -3.51. The van der Waals surface area contributed by atoms with E-state index in [-0.39, 0.29) is 18.1 Å². The largest absolute Gasteiger partial charge is 0.488 e. The molecule has 3 N–H and O–H groups in total. The van der Waals surface area contributed by atoms with E-state index in [9.17, 15) is 9.90 Å². The van der Waals surface area contributed by atoms with Crippen LogP contribution in [0, 0.1) is 0 Å². The fourth-order valence-corrected chi connectivity index (χ4v) is 4.82. The van der Waals surface area contributed by atoms with Crippen LogP contribution in [-0.4, -0.2) is 43.1 Å². The van der Waals surface area contributed by atoms with E-state index >= 15 is 0 Å².